The Morgan fingerprint density at radius 3 is 2.45 bits per heavy atom. The highest BCUT2D eigenvalue weighted by atomic mass is 19.1. The van der Waals surface area contributed by atoms with E-state index < -0.39 is 17.8 Å². The molecule has 2 unspecified atom stereocenters. The van der Waals surface area contributed by atoms with Gasteiger partial charge in [-0.1, -0.05) is 0 Å². The summed E-state index contributed by atoms with van der Waals surface area (Å²) in [6, 6.07) is 5.59. The van der Waals surface area contributed by atoms with Gasteiger partial charge in [0.25, 0.3) is 0 Å². The largest absolute Gasteiger partial charge is 0.492 e. The fraction of sp³-hybridized carbons (Fsp3) is 0.429. The van der Waals surface area contributed by atoms with Gasteiger partial charge in [0, 0.05) is 0 Å². The molecule has 1 saturated carbocycles. The van der Waals surface area contributed by atoms with E-state index in [-0.39, 0.29) is 18.3 Å². The first kappa shape index (κ1) is 14.3. The number of benzene rings is 1. The van der Waals surface area contributed by atoms with Gasteiger partial charge in [0.05, 0.1) is 18.4 Å². The van der Waals surface area contributed by atoms with Crippen molar-refractivity contribution in [2.45, 2.75) is 12.8 Å². The molecule has 0 aromatic heterocycles. The molecule has 1 fully saturated rings. The molecule has 1 aliphatic carbocycles. The summed E-state index contributed by atoms with van der Waals surface area (Å²) >= 11 is 0. The molecule has 6 heteroatoms. The highest BCUT2D eigenvalue weighted by Gasteiger charge is 2.41. The van der Waals surface area contributed by atoms with Gasteiger partial charge in [-0.05, 0) is 37.1 Å². The molecule has 1 aromatic rings. The quantitative estimate of drug-likeness (QED) is 0.773. The van der Waals surface area contributed by atoms with E-state index in [2.05, 4.69) is 5.32 Å². The number of rotatable bonds is 6. The molecule has 0 spiro atoms. The van der Waals surface area contributed by atoms with E-state index in [1.807, 2.05) is 0 Å². The fourth-order valence-electron chi connectivity index (χ4n) is 2.11. The summed E-state index contributed by atoms with van der Waals surface area (Å²) in [5.41, 5.74) is 0. The molecule has 1 aliphatic rings. The van der Waals surface area contributed by atoms with Crippen LogP contribution in [0, 0.1) is 17.7 Å². The highest BCUT2D eigenvalue weighted by molar-refractivity contribution is 5.86. The molecule has 1 aromatic carbocycles. The van der Waals surface area contributed by atoms with Crippen molar-refractivity contribution in [3.05, 3.63) is 30.1 Å². The van der Waals surface area contributed by atoms with Crippen LogP contribution in [0.5, 0.6) is 5.75 Å². The Morgan fingerprint density at radius 1 is 1.25 bits per heavy atom. The molecule has 2 rings (SSSR count). The second-order valence-corrected chi connectivity index (χ2v) is 4.72. The maximum atomic E-state index is 12.7. The van der Waals surface area contributed by atoms with Crippen molar-refractivity contribution in [3.8, 4) is 5.75 Å². The van der Waals surface area contributed by atoms with Gasteiger partial charge in [-0.3, -0.25) is 9.59 Å². The van der Waals surface area contributed by atoms with Crippen LogP contribution in [0.3, 0.4) is 0 Å². The number of carboxylic acids is 1. The molecule has 2 N–H and O–H groups in total. The molecule has 0 radical (unpaired) electrons. The minimum atomic E-state index is -0.918. The smallest absolute Gasteiger partial charge is 0.307 e. The van der Waals surface area contributed by atoms with E-state index in [1.54, 1.807) is 0 Å². The van der Waals surface area contributed by atoms with E-state index in [4.69, 9.17) is 9.84 Å². The minimum Gasteiger partial charge on any atom is -0.492 e. The Hall–Kier alpha value is -2.11. The van der Waals surface area contributed by atoms with Crippen molar-refractivity contribution in [1.82, 2.24) is 5.32 Å². The molecule has 2 atom stereocenters. The van der Waals surface area contributed by atoms with E-state index in [0.717, 1.165) is 0 Å². The van der Waals surface area contributed by atoms with Gasteiger partial charge in [0.1, 0.15) is 18.2 Å². The molecular weight excluding hydrogens is 265 g/mol. The van der Waals surface area contributed by atoms with Crippen LogP contribution in [0.25, 0.3) is 0 Å². The van der Waals surface area contributed by atoms with E-state index in [9.17, 15) is 14.0 Å². The monoisotopic (exact) mass is 281 g/mol. The predicted octanol–water partition coefficient (Wildman–Crippen LogP) is 1.43. The lowest BCUT2D eigenvalue weighted by molar-refractivity contribution is -0.152. The van der Waals surface area contributed by atoms with Gasteiger partial charge in [-0.2, -0.15) is 0 Å². The Balaban J connectivity index is 1.67. The van der Waals surface area contributed by atoms with Gasteiger partial charge >= 0.3 is 5.97 Å². The van der Waals surface area contributed by atoms with Crippen LogP contribution >= 0.6 is 0 Å². The van der Waals surface area contributed by atoms with Crippen molar-refractivity contribution < 1.29 is 23.8 Å². The number of amides is 1. The Morgan fingerprint density at radius 2 is 1.90 bits per heavy atom. The first-order valence-electron chi connectivity index (χ1n) is 6.47. The third-order valence-corrected chi connectivity index (χ3v) is 3.41. The molecule has 0 heterocycles. The zero-order valence-electron chi connectivity index (χ0n) is 10.8. The SMILES string of the molecule is O=C(O)C1CCC1C(=O)NCCOc1ccc(F)cc1. The average molecular weight is 281 g/mol. The van der Waals surface area contributed by atoms with E-state index in [0.29, 0.717) is 25.1 Å². The van der Waals surface area contributed by atoms with E-state index >= 15 is 0 Å². The van der Waals surface area contributed by atoms with Crippen molar-refractivity contribution >= 4 is 11.9 Å². The number of halogens is 1. The lowest BCUT2D eigenvalue weighted by Crippen LogP contribution is -2.44. The van der Waals surface area contributed by atoms with Gasteiger partial charge in [0.15, 0.2) is 0 Å². The maximum Gasteiger partial charge on any atom is 0.307 e. The number of aliphatic carboxylic acids is 1. The summed E-state index contributed by atoms with van der Waals surface area (Å²) in [5.74, 6) is -1.97. The number of carbonyl (C=O) groups excluding carboxylic acids is 1. The minimum absolute atomic E-state index is 0.244. The Labute approximate surface area is 115 Å². The van der Waals surface area contributed by atoms with Crippen LogP contribution in [0.1, 0.15) is 12.8 Å². The van der Waals surface area contributed by atoms with Crippen LogP contribution in [-0.2, 0) is 9.59 Å². The lowest BCUT2D eigenvalue weighted by Gasteiger charge is -2.31. The molecule has 1 amide bonds. The molecule has 108 valence electrons. The average Bonchev–Trinajstić information content (AvgIpc) is 2.34. The van der Waals surface area contributed by atoms with Gasteiger partial charge in [-0.25, -0.2) is 4.39 Å². The lowest BCUT2D eigenvalue weighted by atomic mass is 9.73. The number of carboxylic acid groups (broad SMARTS) is 1. The molecular formula is C14H16FNO4. The maximum absolute atomic E-state index is 12.7. The molecule has 0 saturated heterocycles. The Kier molecular flexibility index (Phi) is 4.55. The second kappa shape index (κ2) is 6.36. The van der Waals surface area contributed by atoms with Crippen LogP contribution in [0.4, 0.5) is 4.39 Å². The third kappa shape index (κ3) is 3.46. The van der Waals surface area contributed by atoms with E-state index in [1.165, 1.54) is 24.3 Å². The van der Waals surface area contributed by atoms with Crippen LogP contribution in [-0.4, -0.2) is 30.1 Å². The summed E-state index contributed by atoms with van der Waals surface area (Å²) in [6.07, 6.45) is 1.17. The topological polar surface area (TPSA) is 75.6 Å². The van der Waals surface area contributed by atoms with Crippen LogP contribution in [0.2, 0.25) is 0 Å². The molecule has 0 aliphatic heterocycles. The normalized spacial score (nSPS) is 20.9. The van der Waals surface area contributed by atoms with Crippen LogP contribution in [0.15, 0.2) is 24.3 Å². The molecule has 20 heavy (non-hydrogen) atoms. The van der Waals surface area contributed by atoms with Gasteiger partial charge < -0.3 is 15.2 Å². The zero-order valence-corrected chi connectivity index (χ0v) is 10.8. The summed E-state index contributed by atoms with van der Waals surface area (Å²) in [4.78, 5) is 22.5. The predicted molar refractivity (Wildman–Crippen MR) is 68.8 cm³/mol. The number of carbonyl (C=O) groups is 2. The van der Waals surface area contributed by atoms with Crippen LogP contribution < -0.4 is 10.1 Å². The third-order valence-electron chi connectivity index (χ3n) is 3.41. The second-order valence-electron chi connectivity index (χ2n) is 4.72. The summed E-state index contributed by atoms with van der Waals surface area (Å²) in [5, 5.41) is 11.5. The summed E-state index contributed by atoms with van der Waals surface area (Å²) in [6.45, 7) is 0.543. The number of ether oxygens (including phenoxy) is 1. The molecule has 5 nitrogen and oxygen atoms in total. The first-order valence-corrected chi connectivity index (χ1v) is 6.47. The fourth-order valence-corrected chi connectivity index (χ4v) is 2.11. The van der Waals surface area contributed by atoms with Gasteiger partial charge in [0.2, 0.25) is 5.91 Å². The van der Waals surface area contributed by atoms with Crippen molar-refractivity contribution in [2.75, 3.05) is 13.2 Å². The number of nitrogens with one attached hydrogen (secondary N) is 1. The van der Waals surface area contributed by atoms with Crippen molar-refractivity contribution in [1.29, 1.82) is 0 Å². The Bertz CT molecular complexity index is 488. The summed E-state index contributed by atoms with van der Waals surface area (Å²) < 4.78 is 18.0. The number of hydrogen-bond acceptors (Lipinski definition) is 3. The first-order chi connectivity index (χ1) is 9.58. The van der Waals surface area contributed by atoms with Crippen molar-refractivity contribution in [2.24, 2.45) is 11.8 Å². The summed E-state index contributed by atoms with van der Waals surface area (Å²) in [7, 11) is 0. The zero-order chi connectivity index (χ0) is 14.5. The molecule has 0 bridgehead atoms. The van der Waals surface area contributed by atoms with Crippen molar-refractivity contribution in [3.63, 3.8) is 0 Å². The number of hydrogen-bond donors (Lipinski definition) is 2. The standard InChI is InChI=1S/C14H16FNO4/c15-9-1-3-10(4-2-9)20-8-7-16-13(17)11-5-6-12(11)14(18)19/h1-4,11-12H,5-8H2,(H,16,17)(H,18,19). The van der Waals surface area contributed by atoms with Gasteiger partial charge in [-0.15, -0.1) is 0 Å². The highest BCUT2D eigenvalue weighted by Crippen LogP contribution is 2.34.